The summed E-state index contributed by atoms with van der Waals surface area (Å²) in [5.74, 6) is 0.0570. The zero-order valence-corrected chi connectivity index (χ0v) is 10.6. The highest BCUT2D eigenvalue weighted by Gasteiger charge is 2.09. The van der Waals surface area contributed by atoms with Crippen LogP contribution in [0.15, 0.2) is 67.3 Å². The Bertz CT molecular complexity index is 730. The molecule has 0 aromatic heterocycles. The number of benzene rings is 3. The van der Waals surface area contributed by atoms with E-state index < -0.39 is 0 Å². The molecule has 0 amide bonds. The number of ketones is 1. The van der Waals surface area contributed by atoms with Crippen molar-refractivity contribution in [3.63, 3.8) is 0 Å². The number of hydrogen-bond acceptors (Lipinski definition) is 1. The zero-order valence-electron chi connectivity index (χ0n) is 10.6. The van der Waals surface area contributed by atoms with E-state index in [1.807, 2.05) is 24.3 Å². The lowest BCUT2D eigenvalue weighted by atomic mass is 9.94. The van der Waals surface area contributed by atoms with Crippen molar-refractivity contribution >= 4 is 27.3 Å². The Morgan fingerprint density at radius 3 is 2.00 bits per heavy atom. The minimum Gasteiger partial charge on any atom is -0.295 e. The van der Waals surface area contributed by atoms with Gasteiger partial charge in [-0.15, -0.1) is 0 Å². The molecule has 0 spiro atoms. The molecule has 3 aromatic rings. The van der Waals surface area contributed by atoms with E-state index in [0.29, 0.717) is 6.42 Å². The van der Waals surface area contributed by atoms with E-state index in [4.69, 9.17) is 0 Å². The van der Waals surface area contributed by atoms with Crippen molar-refractivity contribution in [3.8, 4) is 0 Å². The molecule has 0 saturated carbocycles. The molecule has 1 nitrogen and oxygen atoms in total. The Hall–Kier alpha value is -2.41. The van der Waals surface area contributed by atoms with Crippen molar-refractivity contribution in [3.05, 3.63) is 72.8 Å². The third-order valence-electron chi connectivity index (χ3n) is 3.46. The topological polar surface area (TPSA) is 17.1 Å². The maximum Gasteiger partial charge on any atom is 0.159 e. The van der Waals surface area contributed by atoms with E-state index in [1.54, 1.807) is 0 Å². The van der Waals surface area contributed by atoms with E-state index in [-0.39, 0.29) is 5.78 Å². The second kappa shape index (κ2) is 4.69. The Labute approximate surface area is 112 Å². The van der Waals surface area contributed by atoms with Crippen LogP contribution in [0.2, 0.25) is 0 Å². The fraction of sp³-hybridized carbons (Fsp3) is 0.0556. The Morgan fingerprint density at radius 1 is 0.947 bits per heavy atom. The zero-order chi connectivity index (χ0) is 13.2. The van der Waals surface area contributed by atoms with Crippen LogP contribution in [0.25, 0.3) is 21.5 Å². The molecule has 0 aliphatic heterocycles. The molecule has 0 aliphatic rings. The van der Waals surface area contributed by atoms with Gasteiger partial charge in [0.05, 0.1) is 0 Å². The van der Waals surface area contributed by atoms with E-state index in [0.717, 1.165) is 16.3 Å². The molecule has 0 unspecified atom stereocenters. The predicted octanol–water partition coefficient (Wildman–Crippen LogP) is 4.29. The van der Waals surface area contributed by atoms with Crippen LogP contribution in [-0.4, -0.2) is 5.78 Å². The number of carbonyl (C=O) groups excluding carboxylic acids is 1. The quantitative estimate of drug-likeness (QED) is 0.497. The standard InChI is InChI=1S/C18H14O/c1-2-15(19)12-18-16-9-5-3-7-13(16)11-14-8-4-6-10-17(14)18/h2-11H,1,12H2. The highest BCUT2D eigenvalue weighted by Crippen LogP contribution is 2.28. The van der Waals surface area contributed by atoms with Crippen molar-refractivity contribution < 1.29 is 4.79 Å². The fourth-order valence-corrected chi connectivity index (χ4v) is 2.54. The molecule has 0 bridgehead atoms. The van der Waals surface area contributed by atoms with E-state index in [1.165, 1.54) is 16.8 Å². The highest BCUT2D eigenvalue weighted by atomic mass is 16.1. The Morgan fingerprint density at radius 2 is 1.47 bits per heavy atom. The summed E-state index contributed by atoms with van der Waals surface area (Å²) in [6.45, 7) is 3.57. The second-order valence-electron chi connectivity index (χ2n) is 4.64. The van der Waals surface area contributed by atoms with Crippen LogP contribution < -0.4 is 0 Å². The molecule has 19 heavy (non-hydrogen) atoms. The Balaban J connectivity index is 2.39. The van der Waals surface area contributed by atoms with Crippen LogP contribution in [0.4, 0.5) is 0 Å². The summed E-state index contributed by atoms with van der Waals surface area (Å²) in [7, 11) is 0. The lowest BCUT2D eigenvalue weighted by Crippen LogP contribution is -1.99. The first kappa shape index (κ1) is 11.7. The molecule has 0 aliphatic carbocycles. The third kappa shape index (κ3) is 2.04. The second-order valence-corrected chi connectivity index (χ2v) is 4.64. The summed E-state index contributed by atoms with van der Waals surface area (Å²) in [6, 6.07) is 18.6. The molecule has 0 saturated heterocycles. The first-order chi connectivity index (χ1) is 9.29. The lowest BCUT2D eigenvalue weighted by Gasteiger charge is -2.10. The molecular weight excluding hydrogens is 232 g/mol. The summed E-state index contributed by atoms with van der Waals surface area (Å²) in [5.41, 5.74) is 1.10. The molecule has 3 rings (SSSR count). The summed E-state index contributed by atoms with van der Waals surface area (Å²) >= 11 is 0. The summed E-state index contributed by atoms with van der Waals surface area (Å²) < 4.78 is 0. The third-order valence-corrected chi connectivity index (χ3v) is 3.46. The first-order valence-corrected chi connectivity index (χ1v) is 6.34. The van der Waals surface area contributed by atoms with Gasteiger partial charge in [-0.25, -0.2) is 0 Å². The van der Waals surface area contributed by atoms with Gasteiger partial charge < -0.3 is 0 Å². The van der Waals surface area contributed by atoms with Crippen molar-refractivity contribution in [1.82, 2.24) is 0 Å². The van der Waals surface area contributed by atoms with Crippen LogP contribution in [0.1, 0.15) is 5.56 Å². The van der Waals surface area contributed by atoms with Crippen LogP contribution in [0.3, 0.4) is 0 Å². The fourth-order valence-electron chi connectivity index (χ4n) is 2.54. The minimum absolute atomic E-state index is 0.0570. The predicted molar refractivity (Wildman–Crippen MR) is 80.4 cm³/mol. The van der Waals surface area contributed by atoms with Crippen LogP contribution in [0, 0.1) is 0 Å². The van der Waals surface area contributed by atoms with Gasteiger partial charge in [0.2, 0.25) is 0 Å². The first-order valence-electron chi connectivity index (χ1n) is 6.34. The van der Waals surface area contributed by atoms with Crippen molar-refractivity contribution in [2.75, 3.05) is 0 Å². The van der Waals surface area contributed by atoms with Gasteiger partial charge in [0.25, 0.3) is 0 Å². The monoisotopic (exact) mass is 246 g/mol. The summed E-state index contributed by atoms with van der Waals surface area (Å²) in [6.07, 6.45) is 1.81. The smallest absolute Gasteiger partial charge is 0.159 e. The van der Waals surface area contributed by atoms with Gasteiger partial charge in [0.15, 0.2) is 5.78 Å². The van der Waals surface area contributed by atoms with E-state index >= 15 is 0 Å². The number of carbonyl (C=O) groups is 1. The highest BCUT2D eigenvalue weighted by molar-refractivity contribution is 6.05. The minimum atomic E-state index is 0.0570. The maximum absolute atomic E-state index is 11.8. The SMILES string of the molecule is C=CC(=O)Cc1c2ccccc2cc2ccccc12. The van der Waals surface area contributed by atoms with E-state index in [2.05, 4.69) is 36.9 Å². The van der Waals surface area contributed by atoms with Crippen LogP contribution in [0.5, 0.6) is 0 Å². The van der Waals surface area contributed by atoms with Crippen LogP contribution in [-0.2, 0) is 11.2 Å². The van der Waals surface area contributed by atoms with Gasteiger partial charge in [0.1, 0.15) is 0 Å². The van der Waals surface area contributed by atoms with Gasteiger partial charge in [-0.05, 0) is 39.3 Å². The van der Waals surface area contributed by atoms with Crippen molar-refractivity contribution in [2.24, 2.45) is 0 Å². The Kier molecular flexibility index (Phi) is 2.88. The van der Waals surface area contributed by atoms with Crippen molar-refractivity contribution in [1.29, 1.82) is 0 Å². The number of fused-ring (bicyclic) bond motifs is 2. The molecule has 0 atom stereocenters. The molecular formula is C18H14O. The molecule has 92 valence electrons. The largest absolute Gasteiger partial charge is 0.295 e. The number of rotatable bonds is 3. The average molecular weight is 246 g/mol. The summed E-state index contributed by atoms with van der Waals surface area (Å²) in [4.78, 5) is 11.8. The maximum atomic E-state index is 11.8. The van der Waals surface area contributed by atoms with Gasteiger partial charge in [-0.1, -0.05) is 55.1 Å². The molecule has 0 fully saturated rings. The van der Waals surface area contributed by atoms with Gasteiger partial charge >= 0.3 is 0 Å². The normalized spacial score (nSPS) is 10.7. The van der Waals surface area contributed by atoms with Gasteiger partial charge in [-0.3, -0.25) is 4.79 Å². The number of hydrogen-bond donors (Lipinski definition) is 0. The van der Waals surface area contributed by atoms with Crippen LogP contribution >= 0.6 is 0 Å². The lowest BCUT2D eigenvalue weighted by molar-refractivity contribution is -0.113. The van der Waals surface area contributed by atoms with Crippen molar-refractivity contribution in [2.45, 2.75) is 6.42 Å². The molecule has 0 N–H and O–H groups in total. The average Bonchev–Trinajstić information content (AvgIpc) is 2.46. The summed E-state index contributed by atoms with van der Waals surface area (Å²) in [5, 5.41) is 4.65. The number of allylic oxidation sites excluding steroid dienone is 1. The molecule has 1 heteroatoms. The van der Waals surface area contributed by atoms with Gasteiger partial charge in [0, 0.05) is 6.42 Å². The van der Waals surface area contributed by atoms with E-state index in [9.17, 15) is 4.79 Å². The molecule has 0 heterocycles. The molecule has 0 radical (unpaired) electrons. The van der Waals surface area contributed by atoms with Gasteiger partial charge in [-0.2, -0.15) is 0 Å². The molecule has 3 aromatic carbocycles.